The highest BCUT2D eigenvalue weighted by molar-refractivity contribution is 5.89. The fourth-order valence-corrected chi connectivity index (χ4v) is 3.40. The van der Waals surface area contributed by atoms with E-state index in [-0.39, 0.29) is 11.7 Å². The number of rotatable bonds is 17. The van der Waals surface area contributed by atoms with Crippen LogP contribution in [0.2, 0.25) is 0 Å². The van der Waals surface area contributed by atoms with Crippen LogP contribution in [0.3, 0.4) is 0 Å². The van der Waals surface area contributed by atoms with E-state index >= 15 is 0 Å². The third-order valence-electron chi connectivity index (χ3n) is 5.24. The molecule has 1 atom stereocenters. The monoisotopic (exact) mass is 387 g/mol. The van der Waals surface area contributed by atoms with Crippen LogP contribution in [0.15, 0.2) is 36.5 Å². The molecule has 0 aliphatic heterocycles. The van der Waals surface area contributed by atoms with Gasteiger partial charge in [0.1, 0.15) is 0 Å². The Labute approximate surface area is 172 Å². The Morgan fingerprint density at radius 2 is 1.64 bits per heavy atom. The average Bonchev–Trinajstić information content (AvgIpc) is 2.71. The molecule has 0 spiro atoms. The van der Waals surface area contributed by atoms with Crippen molar-refractivity contribution in [2.45, 2.75) is 96.8 Å². The Bertz CT molecular complexity index is 505. The summed E-state index contributed by atoms with van der Waals surface area (Å²) in [5.74, 6) is 0.874. The van der Waals surface area contributed by atoms with Gasteiger partial charge in [-0.05, 0) is 44.1 Å². The standard InChI is InChI=1S/C25H41NO2/c1-2-3-4-5-6-8-14-19-24(27)20-15-9-7-10-16-21-25(28)26-22-23-17-12-11-13-18-23/h11-14,17,19,23H,2-10,15-16,18,20-22H2,1H3,(H,26,28)/b19-14+/t23-/m1/s1. The molecule has 0 aromatic rings. The average molecular weight is 388 g/mol. The van der Waals surface area contributed by atoms with Gasteiger partial charge in [-0.15, -0.1) is 0 Å². The lowest BCUT2D eigenvalue weighted by Gasteiger charge is -2.13. The zero-order chi connectivity index (χ0) is 20.3. The molecule has 28 heavy (non-hydrogen) atoms. The molecule has 0 fully saturated rings. The number of unbranched alkanes of at least 4 members (excludes halogenated alkanes) is 9. The predicted molar refractivity (Wildman–Crippen MR) is 119 cm³/mol. The van der Waals surface area contributed by atoms with Gasteiger partial charge in [-0.1, -0.05) is 82.2 Å². The Morgan fingerprint density at radius 3 is 2.39 bits per heavy atom. The molecule has 0 radical (unpaired) electrons. The van der Waals surface area contributed by atoms with Crippen molar-refractivity contribution in [3.63, 3.8) is 0 Å². The summed E-state index contributed by atoms with van der Waals surface area (Å²) in [5, 5.41) is 3.03. The van der Waals surface area contributed by atoms with Gasteiger partial charge >= 0.3 is 0 Å². The second-order valence-corrected chi connectivity index (χ2v) is 7.95. The Kier molecular flexibility index (Phi) is 15.2. The van der Waals surface area contributed by atoms with Crippen LogP contribution in [-0.4, -0.2) is 18.2 Å². The number of hydrogen-bond donors (Lipinski definition) is 1. The van der Waals surface area contributed by atoms with Gasteiger partial charge in [-0.2, -0.15) is 0 Å². The predicted octanol–water partition coefficient (Wildman–Crippen LogP) is 6.45. The lowest BCUT2D eigenvalue weighted by molar-refractivity contribution is -0.121. The smallest absolute Gasteiger partial charge is 0.220 e. The van der Waals surface area contributed by atoms with Crippen molar-refractivity contribution in [3.05, 3.63) is 36.5 Å². The molecular weight excluding hydrogens is 346 g/mol. The van der Waals surface area contributed by atoms with Gasteiger partial charge in [-0.3, -0.25) is 9.59 Å². The van der Waals surface area contributed by atoms with Crippen molar-refractivity contribution < 1.29 is 9.59 Å². The largest absolute Gasteiger partial charge is 0.356 e. The molecule has 1 aliphatic rings. The van der Waals surface area contributed by atoms with Crippen LogP contribution < -0.4 is 5.32 Å². The van der Waals surface area contributed by atoms with Crippen molar-refractivity contribution in [2.24, 2.45) is 5.92 Å². The van der Waals surface area contributed by atoms with E-state index < -0.39 is 0 Å². The molecule has 0 aromatic heterocycles. The molecule has 3 nitrogen and oxygen atoms in total. The van der Waals surface area contributed by atoms with E-state index in [1.54, 1.807) is 6.08 Å². The number of carbonyl (C=O) groups excluding carboxylic acids is 2. The molecule has 1 aliphatic carbocycles. The molecule has 1 amide bonds. The van der Waals surface area contributed by atoms with Gasteiger partial charge in [0.05, 0.1) is 0 Å². The molecule has 0 saturated heterocycles. The van der Waals surface area contributed by atoms with Crippen LogP contribution in [0.4, 0.5) is 0 Å². The second-order valence-electron chi connectivity index (χ2n) is 7.95. The highest BCUT2D eigenvalue weighted by Crippen LogP contribution is 2.11. The molecule has 0 bridgehead atoms. The summed E-state index contributed by atoms with van der Waals surface area (Å²) in [5.41, 5.74) is 0. The van der Waals surface area contributed by atoms with Gasteiger partial charge < -0.3 is 5.32 Å². The minimum atomic E-state index is 0.165. The van der Waals surface area contributed by atoms with E-state index in [0.717, 1.165) is 51.5 Å². The van der Waals surface area contributed by atoms with Crippen molar-refractivity contribution in [1.82, 2.24) is 5.32 Å². The third kappa shape index (κ3) is 14.4. The summed E-state index contributed by atoms with van der Waals surface area (Å²) in [7, 11) is 0. The quantitative estimate of drug-likeness (QED) is 0.230. The first kappa shape index (κ1) is 24.4. The van der Waals surface area contributed by atoms with Crippen LogP contribution in [-0.2, 0) is 9.59 Å². The van der Waals surface area contributed by atoms with Gasteiger partial charge in [0, 0.05) is 19.4 Å². The maximum Gasteiger partial charge on any atom is 0.220 e. The first-order valence-electron chi connectivity index (χ1n) is 11.5. The number of allylic oxidation sites excluding steroid dienone is 5. The minimum absolute atomic E-state index is 0.165. The van der Waals surface area contributed by atoms with Crippen molar-refractivity contribution >= 4 is 11.7 Å². The molecule has 0 unspecified atom stereocenters. The number of carbonyl (C=O) groups is 2. The Hall–Kier alpha value is -1.64. The van der Waals surface area contributed by atoms with E-state index in [9.17, 15) is 9.59 Å². The summed E-state index contributed by atoms with van der Waals surface area (Å²) >= 11 is 0. The summed E-state index contributed by atoms with van der Waals surface area (Å²) in [6.45, 7) is 2.97. The van der Waals surface area contributed by atoms with E-state index in [1.807, 2.05) is 6.08 Å². The van der Waals surface area contributed by atoms with Gasteiger partial charge in [0.25, 0.3) is 0 Å². The minimum Gasteiger partial charge on any atom is -0.356 e. The highest BCUT2D eigenvalue weighted by Gasteiger charge is 2.07. The zero-order valence-corrected chi connectivity index (χ0v) is 18.0. The van der Waals surface area contributed by atoms with Crippen molar-refractivity contribution in [1.29, 1.82) is 0 Å². The first-order chi connectivity index (χ1) is 13.7. The highest BCUT2D eigenvalue weighted by atomic mass is 16.1. The summed E-state index contributed by atoms with van der Waals surface area (Å²) in [6.07, 6.45) is 27.1. The van der Waals surface area contributed by atoms with Crippen LogP contribution in [0, 0.1) is 5.92 Å². The van der Waals surface area contributed by atoms with Crippen molar-refractivity contribution in [3.8, 4) is 0 Å². The number of hydrogen-bond acceptors (Lipinski definition) is 2. The van der Waals surface area contributed by atoms with Crippen LogP contribution in [0.1, 0.15) is 96.8 Å². The fourth-order valence-electron chi connectivity index (χ4n) is 3.40. The van der Waals surface area contributed by atoms with Gasteiger partial charge in [-0.25, -0.2) is 0 Å². The number of nitrogens with one attached hydrogen (secondary N) is 1. The lowest BCUT2D eigenvalue weighted by Crippen LogP contribution is -2.28. The number of ketones is 1. The van der Waals surface area contributed by atoms with E-state index in [4.69, 9.17) is 0 Å². The maximum absolute atomic E-state index is 11.9. The first-order valence-corrected chi connectivity index (χ1v) is 11.5. The maximum atomic E-state index is 11.9. The zero-order valence-electron chi connectivity index (χ0n) is 18.0. The van der Waals surface area contributed by atoms with Gasteiger partial charge in [0.2, 0.25) is 5.91 Å². The van der Waals surface area contributed by atoms with E-state index in [2.05, 4.69) is 36.5 Å². The van der Waals surface area contributed by atoms with Crippen LogP contribution in [0.5, 0.6) is 0 Å². The summed E-state index contributed by atoms with van der Waals surface area (Å²) in [6, 6.07) is 0. The van der Waals surface area contributed by atoms with Crippen LogP contribution >= 0.6 is 0 Å². The SMILES string of the molecule is CCCCCCC/C=C/C(=O)CCCCCCCC(=O)NC[C@@H]1C=CC=CC1. The Balaban J connectivity index is 1.87. The fraction of sp³-hybridized carbons (Fsp3) is 0.680. The molecule has 0 heterocycles. The van der Waals surface area contributed by atoms with Gasteiger partial charge in [0.15, 0.2) is 5.78 Å². The summed E-state index contributed by atoms with van der Waals surface area (Å²) < 4.78 is 0. The molecule has 3 heteroatoms. The molecule has 158 valence electrons. The molecule has 0 aromatic carbocycles. The summed E-state index contributed by atoms with van der Waals surface area (Å²) in [4.78, 5) is 23.7. The van der Waals surface area contributed by atoms with Crippen LogP contribution in [0.25, 0.3) is 0 Å². The molecule has 1 N–H and O–H groups in total. The molecule has 1 rings (SSSR count). The Morgan fingerprint density at radius 1 is 0.929 bits per heavy atom. The third-order valence-corrected chi connectivity index (χ3v) is 5.24. The topological polar surface area (TPSA) is 46.2 Å². The van der Waals surface area contributed by atoms with E-state index in [0.29, 0.717) is 18.8 Å². The molecular formula is C25H41NO2. The van der Waals surface area contributed by atoms with Crippen molar-refractivity contribution in [2.75, 3.05) is 6.54 Å². The molecule has 0 saturated carbocycles. The lowest BCUT2D eigenvalue weighted by atomic mass is 10.0. The second kappa shape index (κ2) is 17.5. The normalized spacial score (nSPS) is 16.0. The van der Waals surface area contributed by atoms with E-state index in [1.165, 1.54) is 32.1 Å². The number of amides is 1.